The number of fused-ring (bicyclic) bond motifs is 1. The monoisotopic (exact) mass is 329 g/mol. The Hall–Kier alpha value is -2.28. The minimum atomic E-state index is -0.207. The minimum Gasteiger partial charge on any atom is -0.356 e. The molecule has 0 bridgehead atoms. The molecule has 0 spiro atoms. The maximum atomic E-state index is 12.3. The molecule has 1 aliphatic rings. The van der Waals surface area contributed by atoms with Crippen molar-refractivity contribution in [1.29, 1.82) is 0 Å². The smallest absolute Gasteiger partial charge is 0.277 e. The van der Waals surface area contributed by atoms with Gasteiger partial charge < -0.3 is 10.6 Å². The fourth-order valence-electron chi connectivity index (χ4n) is 3.05. The highest BCUT2D eigenvalue weighted by molar-refractivity contribution is 5.77. The van der Waals surface area contributed by atoms with Crippen LogP contribution in [0.15, 0.2) is 29.1 Å². The first kappa shape index (κ1) is 16.6. The summed E-state index contributed by atoms with van der Waals surface area (Å²) in [5, 5.41) is 14.7. The predicted octanol–water partition coefficient (Wildman–Crippen LogP) is 0.687. The van der Waals surface area contributed by atoms with E-state index in [-0.39, 0.29) is 24.4 Å². The van der Waals surface area contributed by atoms with Crippen LogP contribution in [0.4, 0.5) is 0 Å². The van der Waals surface area contributed by atoms with Gasteiger partial charge in [-0.25, -0.2) is 4.68 Å². The zero-order chi connectivity index (χ0) is 16.8. The van der Waals surface area contributed by atoms with E-state index in [0.29, 0.717) is 23.4 Å². The Morgan fingerprint density at radius 3 is 3.08 bits per heavy atom. The molecule has 1 aromatic heterocycles. The number of carbonyl (C=O) groups is 1. The number of nitrogens with one attached hydrogen (secondary N) is 2. The topological polar surface area (TPSA) is 88.9 Å². The molecule has 2 N–H and O–H groups in total. The van der Waals surface area contributed by atoms with Gasteiger partial charge in [-0.3, -0.25) is 9.59 Å². The molecule has 0 radical (unpaired) electrons. The van der Waals surface area contributed by atoms with Crippen LogP contribution >= 0.6 is 0 Å². The quantitative estimate of drug-likeness (QED) is 0.814. The highest BCUT2D eigenvalue weighted by Crippen LogP contribution is 2.12. The first-order valence-electron chi connectivity index (χ1n) is 8.54. The number of aryl methyl sites for hydroxylation is 1. The zero-order valence-corrected chi connectivity index (χ0v) is 13.7. The average molecular weight is 329 g/mol. The summed E-state index contributed by atoms with van der Waals surface area (Å²) in [6, 6.07) is 7.08. The number of aromatic nitrogens is 3. The van der Waals surface area contributed by atoms with Gasteiger partial charge in [-0.15, -0.1) is 5.10 Å². The van der Waals surface area contributed by atoms with Crippen LogP contribution in [0.2, 0.25) is 0 Å². The molecule has 128 valence electrons. The van der Waals surface area contributed by atoms with E-state index in [9.17, 15) is 9.59 Å². The molecule has 1 amide bonds. The zero-order valence-electron chi connectivity index (χ0n) is 13.7. The first-order chi connectivity index (χ1) is 11.7. The van der Waals surface area contributed by atoms with Crippen molar-refractivity contribution < 1.29 is 4.79 Å². The molecule has 7 heteroatoms. The van der Waals surface area contributed by atoms with Crippen molar-refractivity contribution in [2.45, 2.75) is 32.2 Å². The normalized spacial score (nSPS) is 17.8. The second kappa shape index (κ2) is 8.01. The second-order valence-electron chi connectivity index (χ2n) is 6.24. The van der Waals surface area contributed by atoms with E-state index in [1.54, 1.807) is 18.2 Å². The van der Waals surface area contributed by atoms with E-state index in [1.165, 1.54) is 17.5 Å². The Kier molecular flexibility index (Phi) is 5.53. The summed E-state index contributed by atoms with van der Waals surface area (Å²) in [6.45, 7) is 3.07. The fourth-order valence-corrected chi connectivity index (χ4v) is 3.05. The van der Waals surface area contributed by atoms with Crippen molar-refractivity contribution in [1.82, 2.24) is 25.6 Å². The van der Waals surface area contributed by atoms with Crippen molar-refractivity contribution in [3.05, 3.63) is 34.6 Å². The Labute approximate surface area is 140 Å². The van der Waals surface area contributed by atoms with Crippen molar-refractivity contribution >= 4 is 16.8 Å². The van der Waals surface area contributed by atoms with Gasteiger partial charge in [0.1, 0.15) is 5.52 Å². The minimum absolute atomic E-state index is 0.0550. The summed E-state index contributed by atoms with van der Waals surface area (Å²) >= 11 is 0. The standard InChI is InChI=1S/C17H23N5O2/c23-16(19-10-7-13-4-3-9-18-12-13)8-11-22-17(24)14-5-1-2-6-15(14)20-21-22/h1-2,5-6,13,18H,3-4,7-12H2,(H,19,23). The highest BCUT2D eigenvalue weighted by atomic mass is 16.2. The second-order valence-corrected chi connectivity index (χ2v) is 6.24. The number of amides is 1. The molecule has 7 nitrogen and oxygen atoms in total. The molecule has 1 saturated heterocycles. The number of benzene rings is 1. The van der Waals surface area contributed by atoms with Crippen LogP contribution in [0.1, 0.15) is 25.7 Å². The summed E-state index contributed by atoms with van der Waals surface area (Å²) in [7, 11) is 0. The summed E-state index contributed by atoms with van der Waals surface area (Å²) in [4.78, 5) is 24.2. The summed E-state index contributed by atoms with van der Waals surface area (Å²) in [6.07, 6.45) is 3.66. The molecule has 1 fully saturated rings. The van der Waals surface area contributed by atoms with Crippen LogP contribution in [0.3, 0.4) is 0 Å². The van der Waals surface area contributed by atoms with Gasteiger partial charge in [-0.05, 0) is 50.4 Å². The third-order valence-corrected chi connectivity index (χ3v) is 4.45. The Balaban J connectivity index is 1.47. The third kappa shape index (κ3) is 4.17. The van der Waals surface area contributed by atoms with Crippen molar-refractivity contribution in [3.8, 4) is 0 Å². The van der Waals surface area contributed by atoms with Crippen molar-refractivity contribution in [3.63, 3.8) is 0 Å². The molecule has 0 aliphatic carbocycles. The lowest BCUT2D eigenvalue weighted by Crippen LogP contribution is -2.34. The maximum Gasteiger partial charge on any atom is 0.277 e. The van der Waals surface area contributed by atoms with Gasteiger partial charge in [0.15, 0.2) is 0 Å². The molecule has 1 atom stereocenters. The summed E-state index contributed by atoms with van der Waals surface area (Å²) in [5.41, 5.74) is 0.367. The number of carbonyl (C=O) groups excluding carboxylic acids is 1. The maximum absolute atomic E-state index is 12.3. The van der Waals surface area contributed by atoms with Crippen molar-refractivity contribution in [2.24, 2.45) is 5.92 Å². The van der Waals surface area contributed by atoms with Crippen LogP contribution < -0.4 is 16.2 Å². The Bertz CT molecular complexity index is 752. The molecule has 1 unspecified atom stereocenters. The number of rotatable bonds is 6. The molecule has 2 aromatic rings. The molecule has 0 saturated carbocycles. The highest BCUT2D eigenvalue weighted by Gasteiger charge is 2.13. The number of hydrogen-bond donors (Lipinski definition) is 2. The lowest BCUT2D eigenvalue weighted by molar-refractivity contribution is -0.121. The Morgan fingerprint density at radius 2 is 2.25 bits per heavy atom. The molecular formula is C17H23N5O2. The van der Waals surface area contributed by atoms with Gasteiger partial charge in [0, 0.05) is 13.0 Å². The number of nitrogens with zero attached hydrogens (tertiary/aromatic N) is 3. The molecule has 3 rings (SSSR count). The average Bonchev–Trinajstić information content (AvgIpc) is 2.62. The lowest BCUT2D eigenvalue weighted by Gasteiger charge is -2.22. The van der Waals surface area contributed by atoms with Crippen LogP contribution in [0.5, 0.6) is 0 Å². The molecule has 1 aliphatic heterocycles. The fraction of sp³-hybridized carbons (Fsp3) is 0.529. The molecule has 1 aromatic carbocycles. The predicted molar refractivity (Wildman–Crippen MR) is 91.6 cm³/mol. The van der Waals surface area contributed by atoms with Crippen LogP contribution in [0, 0.1) is 5.92 Å². The van der Waals surface area contributed by atoms with E-state index in [1.807, 2.05) is 6.07 Å². The van der Waals surface area contributed by atoms with E-state index in [0.717, 1.165) is 19.5 Å². The molecular weight excluding hydrogens is 306 g/mol. The molecule has 2 heterocycles. The van der Waals surface area contributed by atoms with Gasteiger partial charge in [0.2, 0.25) is 5.91 Å². The van der Waals surface area contributed by atoms with Gasteiger partial charge in [-0.1, -0.05) is 17.3 Å². The van der Waals surface area contributed by atoms with Gasteiger partial charge in [-0.2, -0.15) is 0 Å². The Morgan fingerprint density at radius 1 is 1.38 bits per heavy atom. The number of hydrogen-bond acceptors (Lipinski definition) is 5. The van der Waals surface area contributed by atoms with Gasteiger partial charge in [0.25, 0.3) is 5.56 Å². The first-order valence-corrected chi connectivity index (χ1v) is 8.54. The van der Waals surface area contributed by atoms with Crippen LogP contribution in [-0.2, 0) is 11.3 Å². The van der Waals surface area contributed by atoms with E-state index < -0.39 is 0 Å². The van der Waals surface area contributed by atoms with Gasteiger partial charge in [0.05, 0.1) is 11.9 Å². The van der Waals surface area contributed by atoms with E-state index in [4.69, 9.17) is 0 Å². The van der Waals surface area contributed by atoms with Gasteiger partial charge >= 0.3 is 0 Å². The van der Waals surface area contributed by atoms with E-state index >= 15 is 0 Å². The van der Waals surface area contributed by atoms with Crippen LogP contribution in [-0.4, -0.2) is 40.5 Å². The SMILES string of the molecule is O=C(CCn1nnc2ccccc2c1=O)NCCC1CCCNC1. The van der Waals surface area contributed by atoms with Crippen molar-refractivity contribution in [2.75, 3.05) is 19.6 Å². The number of piperidine rings is 1. The third-order valence-electron chi connectivity index (χ3n) is 4.45. The largest absolute Gasteiger partial charge is 0.356 e. The summed E-state index contributed by atoms with van der Waals surface area (Å²) in [5.74, 6) is 0.591. The van der Waals surface area contributed by atoms with Crippen LogP contribution in [0.25, 0.3) is 10.9 Å². The lowest BCUT2D eigenvalue weighted by atomic mass is 9.96. The van der Waals surface area contributed by atoms with E-state index in [2.05, 4.69) is 20.9 Å². The molecule has 24 heavy (non-hydrogen) atoms. The summed E-state index contributed by atoms with van der Waals surface area (Å²) < 4.78 is 1.26.